The number of carbonyl (C=O) groups excluding carboxylic acids is 1. The van der Waals surface area contributed by atoms with Crippen LogP contribution in [0.25, 0.3) is 5.76 Å². The van der Waals surface area contributed by atoms with Crippen LogP contribution in [0.1, 0.15) is 40.1 Å². The average molecular weight is 528 g/mol. The van der Waals surface area contributed by atoms with E-state index in [-0.39, 0.29) is 11.6 Å². The summed E-state index contributed by atoms with van der Waals surface area (Å²) in [5, 5.41) is 15.0. The van der Waals surface area contributed by atoms with Gasteiger partial charge >= 0.3 is 11.8 Å². The molecule has 1 amide bonds. The van der Waals surface area contributed by atoms with Crippen molar-refractivity contribution >= 4 is 23.8 Å². The minimum absolute atomic E-state index is 0.264. The molecule has 9 nitrogen and oxygen atoms in total. The average Bonchev–Trinajstić information content (AvgIpc) is 3.45. The number of nitrogens with zero attached hydrogens (tertiary/aromatic N) is 2. The Labute approximate surface area is 222 Å². The van der Waals surface area contributed by atoms with Gasteiger partial charge in [-0.3, -0.25) is 14.9 Å². The number of amides is 1. The number of carbonyl (C=O) groups is 1. The second kappa shape index (κ2) is 11.0. The van der Waals surface area contributed by atoms with Gasteiger partial charge in [-0.1, -0.05) is 30.3 Å². The fourth-order valence-electron chi connectivity index (χ4n) is 4.29. The predicted molar refractivity (Wildman–Crippen MR) is 141 cm³/mol. The van der Waals surface area contributed by atoms with Crippen molar-refractivity contribution < 1.29 is 28.0 Å². The number of hydrogen-bond acceptors (Lipinski definition) is 7. The molecule has 0 bridgehead atoms. The number of rotatable bonds is 8. The highest BCUT2D eigenvalue weighted by Crippen LogP contribution is 2.45. The fraction of sp³-hybridized carbons (Fsp3) is 0.103. The molecule has 5 rings (SSSR count). The third-order valence-electron chi connectivity index (χ3n) is 6.01. The summed E-state index contributed by atoms with van der Waals surface area (Å²) in [6.45, 7) is 2.42. The topological polar surface area (TPSA) is 116 Å². The molecule has 0 spiro atoms. The van der Waals surface area contributed by atoms with Crippen LogP contribution in [0.3, 0.4) is 0 Å². The predicted octanol–water partition coefficient (Wildman–Crippen LogP) is 6.08. The number of para-hydroxylation sites is 1. The molecule has 39 heavy (non-hydrogen) atoms. The van der Waals surface area contributed by atoms with Gasteiger partial charge in [-0.2, -0.15) is 5.10 Å². The van der Waals surface area contributed by atoms with Crippen molar-refractivity contribution in [3.63, 3.8) is 0 Å². The Morgan fingerprint density at radius 1 is 1.08 bits per heavy atom. The lowest BCUT2D eigenvalue weighted by molar-refractivity contribution is -0.402. The first-order valence-corrected chi connectivity index (χ1v) is 12.0. The van der Waals surface area contributed by atoms with Gasteiger partial charge in [0.2, 0.25) is 5.76 Å². The number of ether oxygens (including phenoxy) is 2. The van der Waals surface area contributed by atoms with E-state index in [2.05, 4.69) is 10.5 Å². The third kappa shape index (κ3) is 5.40. The summed E-state index contributed by atoms with van der Waals surface area (Å²) in [5.41, 5.74) is 5.28. The van der Waals surface area contributed by atoms with E-state index in [1.165, 1.54) is 24.4 Å². The van der Waals surface area contributed by atoms with Crippen LogP contribution in [0, 0.1) is 15.9 Å². The van der Waals surface area contributed by atoms with Gasteiger partial charge in [-0.15, -0.1) is 0 Å². The molecule has 10 heteroatoms. The molecule has 1 aliphatic rings. The zero-order chi connectivity index (χ0) is 27.4. The first kappa shape index (κ1) is 25.4. The van der Waals surface area contributed by atoms with Gasteiger partial charge < -0.3 is 13.9 Å². The summed E-state index contributed by atoms with van der Waals surface area (Å²) in [4.78, 5) is 22.7. The van der Waals surface area contributed by atoms with Crippen LogP contribution in [0.4, 0.5) is 10.3 Å². The highest BCUT2D eigenvalue weighted by molar-refractivity contribution is 5.96. The molecule has 1 N–H and O–H groups in total. The van der Waals surface area contributed by atoms with Gasteiger partial charge in [0.05, 0.1) is 18.9 Å². The van der Waals surface area contributed by atoms with Crippen molar-refractivity contribution in [1.82, 2.24) is 5.43 Å². The van der Waals surface area contributed by atoms with Gasteiger partial charge in [0.25, 0.3) is 0 Å². The molecule has 0 radical (unpaired) electrons. The number of nitro groups is 1. The highest BCUT2D eigenvalue weighted by Gasteiger charge is 2.31. The SMILES string of the molecule is CCOc1ccc(C2=C(/C=N\NC(=O)c3ccc([N+](=O)[O-])o3)[C@@H](c3ccc(F)cc3)c3ccccc3O2)cc1. The van der Waals surface area contributed by atoms with Crippen LogP contribution >= 0.6 is 0 Å². The molecule has 2 heterocycles. The molecular formula is C29H22FN3O6. The lowest BCUT2D eigenvalue weighted by Gasteiger charge is -2.30. The number of nitrogens with one attached hydrogen (secondary N) is 1. The molecule has 0 fully saturated rings. The summed E-state index contributed by atoms with van der Waals surface area (Å²) >= 11 is 0. The zero-order valence-electron chi connectivity index (χ0n) is 20.7. The van der Waals surface area contributed by atoms with E-state index in [1.54, 1.807) is 12.1 Å². The molecule has 3 aromatic carbocycles. The summed E-state index contributed by atoms with van der Waals surface area (Å²) in [6.07, 6.45) is 1.45. The third-order valence-corrected chi connectivity index (χ3v) is 6.01. The summed E-state index contributed by atoms with van der Waals surface area (Å²) in [5.74, 6) is -0.566. The van der Waals surface area contributed by atoms with Crippen molar-refractivity contribution in [3.8, 4) is 11.5 Å². The van der Waals surface area contributed by atoms with Gasteiger partial charge in [0.15, 0.2) is 0 Å². The minimum Gasteiger partial charge on any atom is -0.494 e. The van der Waals surface area contributed by atoms with E-state index in [4.69, 9.17) is 13.9 Å². The number of allylic oxidation sites excluding steroid dienone is 1. The van der Waals surface area contributed by atoms with E-state index in [0.717, 1.165) is 22.8 Å². The Hall–Kier alpha value is -5.25. The summed E-state index contributed by atoms with van der Waals surface area (Å²) < 4.78 is 30.7. The van der Waals surface area contributed by atoms with Gasteiger partial charge in [-0.05, 0) is 61.0 Å². The number of furan rings is 1. The molecule has 0 saturated carbocycles. The van der Waals surface area contributed by atoms with Crippen LogP contribution in [-0.2, 0) is 0 Å². The maximum atomic E-state index is 13.8. The van der Waals surface area contributed by atoms with Crippen LogP contribution in [0.2, 0.25) is 0 Å². The molecule has 0 aliphatic carbocycles. The van der Waals surface area contributed by atoms with E-state index < -0.39 is 22.6 Å². The summed E-state index contributed by atoms with van der Waals surface area (Å²) in [7, 11) is 0. The Bertz CT molecular complexity index is 1580. The molecule has 0 saturated heterocycles. The smallest absolute Gasteiger partial charge is 0.433 e. The van der Waals surface area contributed by atoms with Gasteiger partial charge in [0, 0.05) is 22.6 Å². The first-order chi connectivity index (χ1) is 18.9. The number of halogens is 1. The first-order valence-electron chi connectivity index (χ1n) is 12.0. The van der Waals surface area contributed by atoms with Crippen molar-refractivity contribution in [1.29, 1.82) is 0 Å². The van der Waals surface area contributed by atoms with Crippen molar-refractivity contribution in [3.05, 3.63) is 129 Å². The molecular weight excluding hydrogens is 505 g/mol. The van der Waals surface area contributed by atoms with E-state index in [0.29, 0.717) is 29.4 Å². The monoisotopic (exact) mass is 527 g/mol. The van der Waals surface area contributed by atoms with Crippen molar-refractivity contribution in [2.24, 2.45) is 5.10 Å². The molecule has 1 atom stereocenters. The largest absolute Gasteiger partial charge is 0.494 e. The van der Waals surface area contributed by atoms with E-state index >= 15 is 0 Å². The lowest BCUT2D eigenvalue weighted by atomic mass is 9.81. The quantitative estimate of drug-likeness (QED) is 0.169. The molecule has 1 aromatic heterocycles. The molecule has 1 aliphatic heterocycles. The Kier molecular flexibility index (Phi) is 7.17. The van der Waals surface area contributed by atoms with Gasteiger partial charge in [0.1, 0.15) is 28.0 Å². The van der Waals surface area contributed by atoms with Crippen LogP contribution < -0.4 is 14.9 Å². The second-order valence-corrected chi connectivity index (χ2v) is 8.46. The van der Waals surface area contributed by atoms with Crippen LogP contribution in [0.5, 0.6) is 11.5 Å². The molecule has 196 valence electrons. The zero-order valence-corrected chi connectivity index (χ0v) is 20.7. The number of hydrazone groups is 1. The lowest BCUT2D eigenvalue weighted by Crippen LogP contribution is -2.20. The standard InChI is InChI=1S/C29H22FN3O6/c1-2-37-21-13-9-19(10-14-21)28-23(17-31-32-29(34)25-15-16-26(38-25)33(35)36)27(18-7-11-20(30)12-8-18)22-5-3-4-6-24(22)39-28/h3-17,27H,2H2,1H3,(H,32,34)/b31-17-/t27-/m0/s1. The van der Waals surface area contributed by atoms with Crippen LogP contribution in [-0.4, -0.2) is 23.7 Å². The van der Waals surface area contributed by atoms with Crippen LogP contribution in [0.15, 0.2) is 100 Å². The number of benzene rings is 3. The molecule has 4 aromatic rings. The normalized spacial score (nSPS) is 14.6. The fourth-order valence-corrected chi connectivity index (χ4v) is 4.29. The summed E-state index contributed by atoms with van der Waals surface area (Å²) in [6, 6.07) is 23.2. The molecule has 0 unspecified atom stereocenters. The maximum absolute atomic E-state index is 13.8. The van der Waals surface area contributed by atoms with Crippen molar-refractivity contribution in [2.75, 3.05) is 6.61 Å². The Morgan fingerprint density at radius 2 is 1.82 bits per heavy atom. The number of hydrogen-bond donors (Lipinski definition) is 1. The maximum Gasteiger partial charge on any atom is 0.433 e. The Morgan fingerprint density at radius 3 is 2.51 bits per heavy atom. The number of fused-ring (bicyclic) bond motifs is 1. The highest BCUT2D eigenvalue weighted by atomic mass is 19.1. The second-order valence-electron chi connectivity index (χ2n) is 8.46. The van der Waals surface area contributed by atoms with Crippen molar-refractivity contribution in [2.45, 2.75) is 12.8 Å². The minimum atomic E-state index is -0.766. The Balaban J connectivity index is 1.57. The van der Waals surface area contributed by atoms with E-state index in [9.17, 15) is 19.3 Å². The van der Waals surface area contributed by atoms with Gasteiger partial charge in [-0.25, -0.2) is 9.82 Å². The van der Waals surface area contributed by atoms with E-state index in [1.807, 2.05) is 55.5 Å².